The molecule has 0 spiro atoms. The van der Waals surface area contributed by atoms with Crippen LogP contribution in [-0.2, 0) is 14.8 Å². The van der Waals surface area contributed by atoms with Crippen LogP contribution in [0.25, 0.3) is 44.4 Å². The second kappa shape index (κ2) is 13.1. The number of aromatic nitrogens is 1. The zero-order chi connectivity index (χ0) is 35.0. The standard InChI is InChI=1S/C37H24ClF3N2O5S/c1-47-32-8-4-7-25(20-42)33(32)34-29-19-26(39)12-16-31(29)43(49(45,46)27-13-9-21(10-14-27)36(40)41)35(34)23-6-3-5-22(17-23)28-15-11-24(18-30(28)38)37(44)48-2/h3-19,36H,1-2H3. The highest BCUT2D eigenvalue weighted by atomic mass is 35.5. The molecule has 0 amide bonds. The average molecular weight is 701 g/mol. The number of fused-ring (bicyclic) bond motifs is 1. The Balaban J connectivity index is 1.73. The molecule has 0 N–H and O–H groups in total. The van der Waals surface area contributed by atoms with Gasteiger partial charge in [-0.15, -0.1) is 0 Å². The van der Waals surface area contributed by atoms with E-state index in [0.29, 0.717) is 16.7 Å². The van der Waals surface area contributed by atoms with Crippen LogP contribution in [0.1, 0.15) is 27.9 Å². The smallest absolute Gasteiger partial charge is 0.337 e. The van der Waals surface area contributed by atoms with E-state index in [9.17, 15) is 27.3 Å². The van der Waals surface area contributed by atoms with Gasteiger partial charge in [0.15, 0.2) is 0 Å². The Hall–Kier alpha value is -5.57. The molecule has 0 atom stereocenters. The van der Waals surface area contributed by atoms with Gasteiger partial charge in [-0.3, -0.25) is 0 Å². The van der Waals surface area contributed by atoms with Crippen molar-refractivity contribution in [3.05, 3.63) is 131 Å². The Bertz CT molecular complexity index is 2420. The van der Waals surface area contributed by atoms with Crippen LogP contribution in [-0.4, -0.2) is 32.6 Å². The van der Waals surface area contributed by atoms with Crippen LogP contribution in [0.5, 0.6) is 5.75 Å². The first-order valence-corrected chi connectivity index (χ1v) is 16.4. The molecule has 0 saturated carbocycles. The first kappa shape index (κ1) is 33.3. The fourth-order valence-corrected chi connectivity index (χ4v) is 7.61. The summed E-state index contributed by atoms with van der Waals surface area (Å²) in [6, 6.07) is 25.9. The van der Waals surface area contributed by atoms with Crippen molar-refractivity contribution in [1.29, 1.82) is 5.26 Å². The second-order valence-electron chi connectivity index (χ2n) is 10.8. The third-order valence-electron chi connectivity index (χ3n) is 8.01. The molecule has 49 heavy (non-hydrogen) atoms. The molecular weight excluding hydrogens is 677 g/mol. The summed E-state index contributed by atoms with van der Waals surface area (Å²) in [6.07, 6.45) is -2.82. The van der Waals surface area contributed by atoms with Gasteiger partial charge in [-0.05, 0) is 66.2 Å². The van der Waals surface area contributed by atoms with Gasteiger partial charge in [-0.25, -0.2) is 30.4 Å². The SMILES string of the molecule is COC(=O)c1ccc(-c2cccc(-c3c(-c4c(C#N)cccc4OC)c4cc(F)ccc4n3S(=O)(=O)c3ccc(C(F)F)cc3)c2)c(Cl)c1. The number of carbonyl (C=O) groups excluding carboxylic acids is 1. The molecule has 0 radical (unpaired) electrons. The maximum absolute atomic E-state index is 15.1. The van der Waals surface area contributed by atoms with Crippen LogP contribution in [0.2, 0.25) is 5.02 Å². The van der Waals surface area contributed by atoms with Gasteiger partial charge in [0.2, 0.25) is 0 Å². The molecule has 0 fully saturated rings. The predicted octanol–water partition coefficient (Wildman–Crippen LogP) is 9.28. The minimum absolute atomic E-state index is 0.0451. The number of halogens is 4. The largest absolute Gasteiger partial charge is 0.496 e. The van der Waals surface area contributed by atoms with Gasteiger partial charge in [0, 0.05) is 38.2 Å². The number of carbonyl (C=O) groups is 1. The van der Waals surface area contributed by atoms with Crippen LogP contribution >= 0.6 is 11.6 Å². The normalized spacial score (nSPS) is 11.5. The van der Waals surface area contributed by atoms with Crippen molar-refractivity contribution in [2.45, 2.75) is 11.3 Å². The third kappa shape index (κ3) is 5.90. The minimum Gasteiger partial charge on any atom is -0.496 e. The van der Waals surface area contributed by atoms with Gasteiger partial charge in [0.25, 0.3) is 16.4 Å². The lowest BCUT2D eigenvalue weighted by Crippen LogP contribution is -2.14. The predicted molar refractivity (Wildman–Crippen MR) is 180 cm³/mol. The molecule has 246 valence electrons. The molecule has 0 bridgehead atoms. The third-order valence-corrected chi connectivity index (χ3v) is 10.1. The molecule has 5 aromatic carbocycles. The number of esters is 1. The number of alkyl halides is 2. The summed E-state index contributed by atoms with van der Waals surface area (Å²) in [6.45, 7) is 0. The number of methoxy groups -OCH3 is 2. The van der Waals surface area contributed by atoms with Gasteiger partial charge in [0.05, 0.1) is 47.5 Å². The van der Waals surface area contributed by atoms with Gasteiger partial charge in [-0.2, -0.15) is 5.26 Å². The van der Waals surface area contributed by atoms with Crippen LogP contribution in [0.3, 0.4) is 0 Å². The number of hydrogen-bond acceptors (Lipinski definition) is 6. The number of hydrogen-bond donors (Lipinski definition) is 0. The number of benzene rings is 5. The molecule has 6 aromatic rings. The maximum Gasteiger partial charge on any atom is 0.337 e. The van der Waals surface area contributed by atoms with Crippen LogP contribution in [0.15, 0.2) is 108 Å². The lowest BCUT2D eigenvalue weighted by Gasteiger charge is -2.17. The topological polar surface area (TPSA) is 98.4 Å². The van der Waals surface area contributed by atoms with Gasteiger partial charge in [-0.1, -0.05) is 54.1 Å². The molecule has 1 heterocycles. The van der Waals surface area contributed by atoms with Crippen molar-refractivity contribution in [3.63, 3.8) is 0 Å². The number of nitriles is 1. The van der Waals surface area contributed by atoms with E-state index in [1.165, 1.54) is 44.6 Å². The minimum atomic E-state index is -4.58. The molecule has 0 aliphatic rings. The van der Waals surface area contributed by atoms with E-state index < -0.39 is 28.2 Å². The molecule has 1 aromatic heterocycles. The number of nitrogens with zero attached hydrogens (tertiary/aromatic N) is 2. The molecule has 0 saturated heterocycles. The highest BCUT2D eigenvalue weighted by molar-refractivity contribution is 7.90. The molecular formula is C37H24ClF3N2O5S. The maximum atomic E-state index is 15.1. The van der Waals surface area contributed by atoms with Gasteiger partial charge < -0.3 is 9.47 Å². The Morgan fingerprint density at radius 2 is 1.59 bits per heavy atom. The molecule has 0 unspecified atom stereocenters. The lowest BCUT2D eigenvalue weighted by molar-refractivity contribution is 0.0600. The van der Waals surface area contributed by atoms with Crippen LogP contribution in [0.4, 0.5) is 13.2 Å². The summed E-state index contributed by atoms with van der Waals surface area (Å²) in [4.78, 5) is 11.8. The summed E-state index contributed by atoms with van der Waals surface area (Å²) < 4.78 is 82.6. The van der Waals surface area contributed by atoms with Crippen LogP contribution in [0, 0.1) is 17.1 Å². The Kier molecular flexibility index (Phi) is 8.94. The highest BCUT2D eigenvalue weighted by Gasteiger charge is 2.31. The van der Waals surface area contributed by atoms with Crippen LogP contribution < -0.4 is 4.74 Å². The fraction of sp³-hybridized carbons (Fsp3) is 0.0811. The van der Waals surface area contributed by atoms with E-state index in [1.807, 2.05) is 0 Å². The Morgan fingerprint density at radius 1 is 0.878 bits per heavy atom. The molecule has 12 heteroatoms. The fourth-order valence-electron chi connectivity index (χ4n) is 5.77. The zero-order valence-electron chi connectivity index (χ0n) is 25.7. The van der Waals surface area contributed by atoms with Gasteiger partial charge >= 0.3 is 5.97 Å². The van der Waals surface area contributed by atoms with E-state index >= 15 is 4.39 Å². The summed E-state index contributed by atoms with van der Waals surface area (Å²) in [5, 5.41) is 10.6. The number of ether oxygens (including phenoxy) is 2. The van der Waals surface area contributed by atoms with E-state index in [0.717, 1.165) is 34.3 Å². The zero-order valence-corrected chi connectivity index (χ0v) is 27.3. The first-order valence-electron chi connectivity index (χ1n) is 14.5. The van der Waals surface area contributed by atoms with Crippen molar-refractivity contribution < 1.29 is 35.9 Å². The monoisotopic (exact) mass is 700 g/mol. The average Bonchev–Trinajstić information content (AvgIpc) is 3.45. The first-order chi connectivity index (χ1) is 23.5. The van der Waals surface area contributed by atoms with E-state index in [1.54, 1.807) is 42.5 Å². The van der Waals surface area contributed by atoms with E-state index in [4.69, 9.17) is 21.1 Å². The van der Waals surface area contributed by atoms with Gasteiger partial charge in [0.1, 0.15) is 11.6 Å². The van der Waals surface area contributed by atoms with Crippen molar-refractivity contribution in [3.8, 4) is 45.3 Å². The van der Waals surface area contributed by atoms with Crippen molar-refractivity contribution >= 4 is 38.5 Å². The molecule has 0 aliphatic heterocycles. The summed E-state index contributed by atoms with van der Waals surface area (Å²) in [5.41, 5.74) is 1.84. The summed E-state index contributed by atoms with van der Waals surface area (Å²) in [5.74, 6) is -1.03. The molecule has 0 aliphatic carbocycles. The second-order valence-corrected chi connectivity index (χ2v) is 13.0. The van der Waals surface area contributed by atoms with E-state index in [2.05, 4.69) is 6.07 Å². The Morgan fingerprint density at radius 3 is 2.24 bits per heavy atom. The van der Waals surface area contributed by atoms with Crippen molar-refractivity contribution in [1.82, 2.24) is 3.97 Å². The molecule has 6 rings (SSSR count). The summed E-state index contributed by atoms with van der Waals surface area (Å²) >= 11 is 6.61. The lowest BCUT2D eigenvalue weighted by atomic mass is 9.92. The quantitative estimate of drug-likeness (QED) is 0.147. The summed E-state index contributed by atoms with van der Waals surface area (Å²) in [7, 11) is -1.94. The molecule has 7 nitrogen and oxygen atoms in total. The van der Waals surface area contributed by atoms with Crippen molar-refractivity contribution in [2.75, 3.05) is 14.2 Å². The van der Waals surface area contributed by atoms with E-state index in [-0.39, 0.29) is 60.1 Å². The number of rotatable bonds is 8. The Labute approximate surface area is 284 Å². The van der Waals surface area contributed by atoms with Crippen molar-refractivity contribution in [2.24, 2.45) is 0 Å². The highest BCUT2D eigenvalue weighted by Crippen LogP contribution is 2.48.